The van der Waals surface area contributed by atoms with Gasteiger partial charge in [0.05, 0.1) is 12.7 Å². The normalized spacial score (nSPS) is 45.0. The molecular formula is C5H10O4. The van der Waals surface area contributed by atoms with Crippen LogP contribution in [0.2, 0.25) is 0 Å². The average Bonchev–Trinajstić information content (AvgIpc) is 1.80. The molecule has 0 radical (unpaired) electrons. The van der Waals surface area contributed by atoms with Crippen molar-refractivity contribution >= 4 is 0 Å². The third-order valence-electron chi connectivity index (χ3n) is 1.35. The molecule has 0 aromatic rings. The molecule has 0 saturated carbocycles. The smallest absolute Gasteiger partial charge is 0.157 e. The Morgan fingerprint density at radius 3 is 2.22 bits per heavy atom. The molecule has 54 valence electrons. The molecule has 1 unspecified atom stereocenters. The number of aliphatic hydroxyl groups excluding tert-OH is 3. The monoisotopic (exact) mass is 134 g/mol. The second-order valence-corrected chi connectivity index (χ2v) is 2.16. The molecule has 3 atom stereocenters. The molecule has 1 aliphatic heterocycles. The number of ether oxygens (including phenoxy) is 1. The summed E-state index contributed by atoms with van der Waals surface area (Å²) >= 11 is 0. The summed E-state index contributed by atoms with van der Waals surface area (Å²) in [5, 5.41) is 26.4. The summed E-state index contributed by atoms with van der Waals surface area (Å²) in [6.07, 6.45) is -2.49. The lowest BCUT2D eigenvalue weighted by Gasteiger charge is -2.26. The minimum absolute atomic E-state index is 0.0162. The highest BCUT2D eigenvalue weighted by Gasteiger charge is 2.26. The lowest BCUT2D eigenvalue weighted by molar-refractivity contribution is -0.193. The molecule has 0 amide bonds. The third-order valence-corrected chi connectivity index (χ3v) is 1.35. The molecule has 1 fully saturated rings. The lowest BCUT2D eigenvalue weighted by atomic mass is 10.1. The van der Waals surface area contributed by atoms with Crippen molar-refractivity contribution in [3.63, 3.8) is 0 Å². The molecule has 0 aromatic heterocycles. The van der Waals surface area contributed by atoms with Gasteiger partial charge in [-0.25, -0.2) is 0 Å². The molecule has 3 N–H and O–H groups in total. The minimum Gasteiger partial charge on any atom is -0.390 e. The first-order valence-corrected chi connectivity index (χ1v) is 2.86. The van der Waals surface area contributed by atoms with E-state index in [9.17, 15) is 0 Å². The summed E-state index contributed by atoms with van der Waals surface area (Å²) < 4.78 is 4.61. The van der Waals surface area contributed by atoms with Crippen LogP contribution in [0.5, 0.6) is 0 Å². The van der Waals surface area contributed by atoms with Crippen molar-refractivity contribution in [1.82, 2.24) is 0 Å². The zero-order valence-corrected chi connectivity index (χ0v) is 4.90. The summed E-state index contributed by atoms with van der Waals surface area (Å²) in [6, 6.07) is 0. The topological polar surface area (TPSA) is 69.9 Å². The molecule has 4 nitrogen and oxygen atoms in total. The van der Waals surface area contributed by atoms with E-state index in [0.29, 0.717) is 0 Å². The van der Waals surface area contributed by atoms with Gasteiger partial charge in [-0.05, 0) is 0 Å². The van der Waals surface area contributed by atoms with Crippen LogP contribution < -0.4 is 0 Å². The van der Waals surface area contributed by atoms with Gasteiger partial charge in [0, 0.05) is 6.42 Å². The van der Waals surface area contributed by atoms with Crippen LogP contribution in [-0.2, 0) is 4.74 Å². The standard InChI is InChI=1S/C5H10O4/c6-3-1-5(8)9-2-4(3)7/h3-8H,1-2H2/t3?,4-,5+/m1/s1. The molecule has 1 heterocycles. The van der Waals surface area contributed by atoms with E-state index in [4.69, 9.17) is 15.3 Å². The molecule has 0 bridgehead atoms. The number of rotatable bonds is 0. The van der Waals surface area contributed by atoms with E-state index in [0.717, 1.165) is 0 Å². The third kappa shape index (κ3) is 1.62. The van der Waals surface area contributed by atoms with Crippen LogP contribution in [0.15, 0.2) is 0 Å². The van der Waals surface area contributed by atoms with Gasteiger partial charge in [0.2, 0.25) is 0 Å². The first-order valence-electron chi connectivity index (χ1n) is 2.86. The van der Waals surface area contributed by atoms with E-state index in [-0.39, 0.29) is 13.0 Å². The van der Waals surface area contributed by atoms with Crippen molar-refractivity contribution in [2.75, 3.05) is 6.61 Å². The second-order valence-electron chi connectivity index (χ2n) is 2.16. The molecule has 4 heteroatoms. The number of hydrogen-bond donors (Lipinski definition) is 3. The van der Waals surface area contributed by atoms with E-state index in [2.05, 4.69) is 4.74 Å². The largest absolute Gasteiger partial charge is 0.390 e. The Morgan fingerprint density at radius 1 is 1.11 bits per heavy atom. The Balaban J connectivity index is 2.35. The van der Waals surface area contributed by atoms with Crippen molar-refractivity contribution in [3.8, 4) is 0 Å². The van der Waals surface area contributed by atoms with Gasteiger partial charge >= 0.3 is 0 Å². The van der Waals surface area contributed by atoms with Crippen LogP contribution in [0.3, 0.4) is 0 Å². The highest BCUT2D eigenvalue weighted by molar-refractivity contribution is 4.72. The summed E-state index contributed by atoms with van der Waals surface area (Å²) in [5.74, 6) is 0. The Hall–Kier alpha value is -0.160. The van der Waals surface area contributed by atoms with Crippen LogP contribution in [0, 0.1) is 0 Å². The molecule has 1 rings (SSSR count). The van der Waals surface area contributed by atoms with Gasteiger partial charge in [-0.15, -0.1) is 0 Å². The Morgan fingerprint density at radius 2 is 1.78 bits per heavy atom. The fourth-order valence-corrected chi connectivity index (χ4v) is 0.752. The summed E-state index contributed by atoms with van der Waals surface area (Å²) in [4.78, 5) is 0. The van der Waals surface area contributed by atoms with Crippen molar-refractivity contribution in [3.05, 3.63) is 0 Å². The van der Waals surface area contributed by atoms with Crippen molar-refractivity contribution in [2.45, 2.75) is 24.9 Å². The van der Waals surface area contributed by atoms with Crippen LogP contribution in [0.1, 0.15) is 6.42 Å². The predicted molar refractivity (Wildman–Crippen MR) is 28.6 cm³/mol. The molecule has 0 spiro atoms. The first kappa shape index (κ1) is 6.95. The zero-order chi connectivity index (χ0) is 6.85. The zero-order valence-electron chi connectivity index (χ0n) is 4.90. The van der Waals surface area contributed by atoms with Gasteiger partial charge < -0.3 is 20.1 Å². The highest BCUT2D eigenvalue weighted by Crippen LogP contribution is 2.11. The van der Waals surface area contributed by atoms with Crippen LogP contribution in [0.4, 0.5) is 0 Å². The van der Waals surface area contributed by atoms with E-state index in [1.165, 1.54) is 0 Å². The Bertz CT molecular complexity index is 95.0. The quantitative estimate of drug-likeness (QED) is 0.375. The molecule has 0 aromatic carbocycles. The van der Waals surface area contributed by atoms with Gasteiger partial charge in [-0.1, -0.05) is 0 Å². The van der Waals surface area contributed by atoms with Gasteiger partial charge in [-0.2, -0.15) is 0 Å². The lowest BCUT2D eigenvalue weighted by Crippen LogP contribution is -2.40. The average molecular weight is 134 g/mol. The molecule has 1 saturated heterocycles. The Kier molecular flexibility index (Phi) is 2.02. The summed E-state index contributed by atoms with van der Waals surface area (Å²) in [7, 11) is 0. The van der Waals surface area contributed by atoms with E-state index < -0.39 is 18.5 Å². The fourth-order valence-electron chi connectivity index (χ4n) is 0.752. The SMILES string of the molecule is OC1C[C@@H](O)OC[C@H]1O. The fraction of sp³-hybridized carbons (Fsp3) is 1.00. The van der Waals surface area contributed by atoms with Gasteiger partial charge in [0.25, 0.3) is 0 Å². The molecule has 0 aliphatic carbocycles. The van der Waals surface area contributed by atoms with Gasteiger partial charge in [0.15, 0.2) is 6.29 Å². The predicted octanol–water partition coefficient (Wildman–Crippen LogP) is -1.55. The maximum absolute atomic E-state index is 8.86. The maximum atomic E-state index is 8.86. The summed E-state index contributed by atoms with van der Waals surface area (Å²) in [5.41, 5.74) is 0. The van der Waals surface area contributed by atoms with Crippen LogP contribution in [-0.4, -0.2) is 40.4 Å². The van der Waals surface area contributed by atoms with E-state index >= 15 is 0 Å². The molecule has 1 aliphatic rings. The van der Waals surface area contributed by atoms with Crippen LogP contribution in [0.25, 0.3) is 0 Å². The molecule has 9 heavy (non-hydrogen) atoms. The summed E-state index contributed by atoms with van der Waals surface area (Å²) in [6.45, 7) is 0.0162. The highest BCUT2D eigenvalue weighted by atomic mass is 16.6. The van der Waals surface area contributed by atoms with E-state index in [1.54, 1.807) is 0 Å². The van der Waals surface area contributed by atoms with Gasteiger partial charge in [-0.3, -0.25) is 0 Å². The number of aliphatic hydroxyl groups is 3. The first-order chi connectivity index (χ1) is 4.20. The Labute approximate surface area is 52.7 Å². The van der Waals surface area contributed by atoms with Crippen LogP contribution >= 0.6 is 0 Å². The van der Waals surface area contributed by atoms with Crippen molar-refractivity contribution in [2.24, 2.45) is 0 Å². The molecular weight excluding hydrogens is 124 g/mol. The minimum atomic E-state index is -0.914. The van der Waals surface area contributed by atoms with Gasteiger partial charge in [0.1, 0.15) is 6.10 Å². The van der Waals surface area contributed by atoms with Crippen molar-refractivity contribution < 1.29 is 20.1 Å². The maximum Gasteiger partial charge on any atom is 0.157 e. The second kappa shape index (κ2) is 2.62. The van der Waals surface area contributed by atoms with E-state index in [1.807, 2.05) is 0 Å². The number of hydrogen-bond acceptors (Lipinski definition) is 4. The van der Waals surface area contributed by atoms with Crippen molar-refractivity contribution in [1.29, 1.82) is 0 Å².